The fourth-order valence-corrected chi connectivity index (χ4v) is 4.16. The Balaban J connectivity index is 1.47. The zero-order valence-corrected chi connectivity index (χ0v) is 21.3. The molecule has 182 valence electrons. The van der Waals surface area contributed by atoms with Crippen LogP contribution in [0.5, 0.6) is 5.75 Å². The first-order valence-electron chi connectivity index (χ1n) is 11.3. The van der Waals surface area contributed by atoms with Gasteiger partial charge in [-0.25, -0.2) is 0 Å². The summed E-state index contributed by atoms with van der Waals surface area (Å²) < 4.78 is 5.47. The molecule has 1 heterocycles. The Kier molecular flexibility index (Phi) is 9.12. The first-order valence-corrected chi connectivity index (χ1v) is 12.1. The fraction of sp³-hybridized carbons (Fsp3) is 0.400. The minimum Gasteiger partial charge on any atom is -0.484 e. The van der Waals surface area contributed by atoms with Crippen LogP contribution in [0.25, 0.3) is 0 Å². The van der Waals surface area contributed by atoms with Crippen LogP contribution in [0.1, 0.15) is 25.8 Å². The van der Waals surface area contributed by atoms with E-state index in [2.05, 4.69) is 29.4 Å². The molecule has 1 saturated heterocycles. The van der Waals surface area contributed by atoms with Crippen molar-refractivity contribution in [2.45, 2.75) is 27.2 Å². The molecule has 0 radical (unpaired) electrons. The summed E-state index contributed by atoms with van der Waals surface area (Å²) in [7, 11) is 0. The molecule has 7 nitrogen and oxygen atoms in total. The van der Waals surface area contributed by atoms with Crippen molar-refractivity contribution in [2.24, 2.45) is 5.92 Å². The van der Waals surface area contributed by atoms with Crippen LogP contribution in [0.2, 0.25) is 5.02 Å². The number of rotatable bonds is 7. The molecular formula is C25H31ClN4O3S. The van der Waals surface area contributed by atoms with Crippen molar-refractivity contribution in [1.29, 1.82) is 0 Å². The molecule has 0 aromatic heterocycles. The van der Waals surface area contributed by atoms with E-state index in [1.807, 2.05) is 48.2 Å². The highest BCUT2D eigenvalue weighted by Gasteiger charge is 2.23. The zero-order valence-electron chi connectivity index (χ0n) is 19.8. The van der Waals surface area contributed by atoms with Gasteiger partial charge in [-0.3, -0.25) is 14.9 Å². The number of carbonyl (C=O) groups is 2. The van der Waals surface area contributed by atoms with E-state index in [0.29, 0.717) is 41.9 Å². The normalized spacial score (nSPS) is 13.6. The summed E-state index contributed by atoms with van der Waals surface area (Å²) in [5.74, 6) is 0.828. The zero-order chi connectivity index (χ0) is 24.7. The van der Waals surface area contributed by atoms with Crippen LogP contribution in [0.3, 0.4) is 0 Å². The summed E-state index contributed by atoms with van der Waals surface area (Å²) in [6, 6.07) is 13.0. The van der Waals surface area contributed by atoms with Crippen molar-refractivity contribution >= 4 is 52.1 Å². The number of aryl methyl sites for hydroxylation is 1. The third-order valence-electron chi connectivity index (χ3n) is 5.41. The molecule has 0 aliphatic carbocycles. The van der Waals surface area contributed by atoms with E-state index < -0.39 is 0 Å². The van der Waals surface area contributed by atoms with Gasteiger partial charge in [0.2, 0.25) is 5.91 Å². The second-order valence-corrected chi connectivity index (χ2v) is 9.55. The number of amides is 2. The van der Waals surface area contributed by atoms with Crippen LogP contribution in [0.15, 0.2) is 42.5 Å². The van der Waals surface area contributed by atoms with Crippen LogP contribution in [-0.2, 0) is 9.59 Å². The standard InChI is InChI=1S/C25H31ClN4O3S/c1-17(2)14-24(32)30-12-10-29(11-13-30)22-9-6-19(15-21(22)26)27-25(34)28-23(31)16-33-20-7-4-18(3)5-8-20/h4-9,15,17H,10-14,16H2,1-3H3,(H2,27,28,31,34). The Hall–Kier alpha value is -2.84. The molecule has 3 rings (SSSR count). The van der Waals surface area contributed by atoms with Crippen molar-refractivity contribution in [3.63, 3.8) is 0 Å². The molecule has 1 aliphatic rings. The first kappa shape index (κ1) is 25.8. The second-order valence-electron chi connectivity index (χ2n) is 8.74. The topological polar surface area (TPSA) is 73.9 Å². The van der Waals surface area contributed by atoms with Gasteiger partial charge in [0.05, 0.1) is 10.7 Å². The van der Waals surface area contributed by atoms with Gasteiger partial charge in [-0.1, -0.05) is 43.1 Å². The van der Waals surface area contributed by atoms with Gasteiger partial charge in [-0.2, -0.15) is 0 Å². The van der Waals surface area contributed by atoms with Gasteiger partial charge in [-0.15, -0.1) is 0 Å². The smallest absolute Gasteiger partial charge is 0.264 e. The number of hydrogen-bond donors (Lipinski definition) is 2. The van der Waals surface area contributed by atoms with Gasteiger partial charge >= 0.3 is 0 Å². The van der Waals surface area contributed by atoms with Crippen molar-refractivity contribution in [1.82, 2.24) is 10.2 Å². The third-order valence-corrected chi connectivity index (χ3v) is 5.91. The minimum atomic E-state index is -0.356. The van der Waals surface area contributed by atoms with Crippen LogP contribution in [0.4, 0.5) is 11.4 Å². The highest BCUT2D eigenvalue weighted by molar-refractivity contribution is 7.80. The maximum Gasteiger partial charge on any atom is 0.264 e. The van der Waals surface area contributed by atoms with Crippen LogP contribution in [-0.4, -0.2) is 54.6 Å². The van der Waals surface area contributed by atoms with E-state index in [0.717, 1.165) is 24.3 Å². The lowest BCUT2D eigenvalue weighted by atomic mass is 10.1. The molecule has 1 fully saturated rings. The van der Waals surface area contributed by atoms with Crippen LogP contribution in [0, 0.1) is 12.8 Å². The molecular weight excluding hydrogens is 472 g/mol. The number of piperazine rings is 1. The van der Waals surface area contributed by atoms with Gasteiger partial charge in [0.25, 0.3) is 5.91 Å². The summed E-state index contributed by atoms with van der Waals surface area (Å²) in [6.07, 6.45) is 0.579. The Morgan fingerprint density at radius 2 is 1.76 bits per heavy atom. The van der Waals surface area contributed by atoms with Gasteiger partial charge < -0.3 is 19.9 Å². The minimum absolute atomic E-state index is 0.143. The van der Waals surface area contributed by atoms with E-state index in [9.17, 15) is 9.59 Å². The Bertz CT molecular complexity index is 1020. The van der Waals surface area contributed by atoms with Gasteiger partial charge in [0, 0.05) is 38.3 Å². The number of nitrogens with zero attached hydrogens (tertiary/aromatic N) is 2. The number of ether oxygens (including phenoxy) is 1. The number of thiocarbonyl (C=S) groups is 1. The number of benzene rings is 2. The highest BCUT2D eigenvalue weighted by Crippen LogP contribution is 2.30. The average Bonchev–Trinajstić information content (AvgIpc) is 2.78. The molecule has 1 aliphatic heterocycles. The van der Waals surface area contributed by atoms with E-state index in [-0.39, 0.29) is 23.5 Å². The average molecular weight is 503 g/mol. The lowest BCUT2D eigenvalue weighted by molar-refractivity contribution is -0.132. The summed E-state index contributed by atoms with van der Waals surface area (Å²) in [4.78, 5) is 28.5. The van der Waals surface area contributed by atoms with Gasteiger partial charge in [0.1, 0.15) is 5.75 Å². The molecule has 0 spiro atoms. The summed E-state index contributed by atoms with van der Waals surface area (Å²) in [5, 5.41) is 6.32. The van der Waals surface area contributed by atoms with E-state index >= 15 is 0 Å². The maximum atomic E-state index is 12.3. The lowest BCUT2D eigenvalue weighted by Crippen LogP contribution is -2.49. The first-order chi connectivity index (χ1) is 16.2. The van der Waals surface area contributed by atoms with Crippen LogP contribution < -0.4 is 20.3 Å². The second kappa shape index (κ2) is 12.0. The monoisotopic (exact) mass is 502 g/mol. The predicted molar refractivity (Wildman–Crippen MR) is 141 cm³/mol. The summed E-state index contributed by atoms with van der Waals surface area (Å²) in [6.45, 7) is 8.77. The van der Waals surface area contributed by atoms with Crippen molar-refractivity contribution in [3.8, 4) is 5.75 Å². The lowest BCUT2D eigenvalue weighted by Gasteiger charge is -2.37. The number of halogens is 1. The molecule has 0 saturated carbocycles. The summed E-state index contributed by atoms with van der Waals surface area (Å²) in [5.41, 5.74) is 2.69. The molecule has 9 heteroatoms. The quantitative estimate of drug-likeness (QED) is 0.552. The third kappa shape index (κ3) is 7.60. The summed E-state index contributed by atoms with van der Waals surface area (Å²) >= 11 is 11.8. The Morgan fingerprint density at radius 1 is 1.09 bits per heavy atom. The molecule has 0 bridgehead atoms. The van der Waals surface area contributed by atoms with E-state index in [4.69, 9.17) is 28.6 Å². The molecule has 2 amide bonds. The largest absolute Gasteiger partial charge is 0.484 e. The fourth-order valence-electron chi connectivity index (χ4n) is 3.62. The maximum absolute atomic E-state index is 12.3. The van der Waals surface area contributed by atoms with E-state index in [1.165, 1.54) is 0 Å². The molecule has 2 N–H and O–H groups in total. The van der Waals surface area contributed by atoms with Crippen molar-refractivity contribution in [3.05, 3.63) is 53.1 Å². The molecule has 0 unspecified atom stereocenters. The van der Waals surface area contributed by atoms with Crippen LogP contribution >= 0.6 is 23.8 Å². The highest BCUT2D eigenvalue weighted by atomic mass is 35.5. The molecule has 2 aromatic carbocycles. The number of anilines is 2. The van der Waals surface area contributed by atoms with Gasteiger partial charge in [-0.05, 0) is 55.4 Å². The van der Waals surface area contributed by atoms with Crippen molar-refractivity contribution in [2.75, 3.05) is 43.0 Å². The molecule has 34 heavy (non-hydrogen) atoms. The van der Waals surface area contributed by atoms with E-state index in [1.54, 1.807) is 6.07 Å². The number of nitrogens with one attached hydrogen (secondary N) is 2. The molecule has 0 atom stereocenters. The Morgan fingerprint density at radius 3 is 2.38 bits per heavy atom. The van der Waals surface area contributed by atoms with Crippen molar-refractivity contribution < 1.29 is 14.3 Å². The predicted octanol–water partition coefficient (Wildman–Crippen LogP) is 4.24. The molecule has 2 aromatic rings. The number of carbonyl (C=O) groups excluding carboxylic acids is 2. The Labute approximate surface area is 211 Å². The van der Waals surface area contributed by atoms with Gasteiger partial charge in [0.15, 0.2) is 11.7 Å². The SMILES string of the molecule is Cc1ccc(OCC(=O)NC(=S)Nc2ccc(N3CCN(C(=O)CC(C)C)CC3)c(Cl)c2)cc1. The number of hydrogen-bond acceptors (Lipinski definition) is 5.